The van der Waals surface area contributed by atoms with Gasteiger partial charge in [0.25, 0.3) is 0 Å². The van der Waals surface area contributed by atoms with Crippen molar-refractivity contribution < 1.29 is 35.0 Å². The zero-order chi connectivity index (χ0) is 39.9. The average molecular weight is 780 g/mol. The standard InChI is InChI=1S/C46H73N3O7/c1-31(9-7-23-50)8-5-11-33(21-22-47)10-3-4-14-45-36(29-51)25-37(56-45)18-15-34-16-20-43(53)46(24-34)55-30-44(54)42-26-39-40(28-48-27-32(2)52)38-13-6-12-35(38)17-19-41(39)49-42/h16,20,24-26,31-33,35,38,40,44-45,48,50-54H,3-15,17-19,21-23,27-30,47H2,1-2H3/t31-,32-,33-,35+,38-,40-,44-,45?/m0/s1. The fourth-order valence-electron chi connectivity index (χ4n) is 9.64. The normalized spacial score (nSPS) is 24.2. The Morgan fingerprint density at radius 2 is 1.86 bits per heavy atom. The van der Waals surface area contributed by atoms with Crippen molar-refractivity contribution in [3.8, 4) is 11.5 Å². The first-order valence-electron chi connectivity index (χ1n) is 22.0. The Hall–Kier alpha value is -2.57. The predicted molar refractivity (Wildman–Crippen MR) is 223 cm³/mol. The van der Waals surface area contributed by atoms with Gasteiger partial charge in [0.05, 0.1) is 18.1 Å². The Kier molecular flexibility index (Phi) is 18.4. The topological polar surface area (TPSA) is 170 Å². The van der Waals surface area contributed by atoms with Crippen molar-refractivity contribution in [3.63, 3.8) is 0 Å². The van der Waals surface area contributed by atoms with Crippen LogP contribution in [0, 0.1) is 41.7 Å². The molecule has 8 atom stereocenters. The first-order chi connectivity index (χ1) is 27.2. The molecule has 2 saturated carbocycles. The zero-order valence-electron chi connectivity index (χ0n) is 34.3. The monoisotopic (exact) mass is 780 g/mol. The van der Waals surface area contributed by atoms with Gasteiger partial charge < -0.3 is 46.1 Å². The largest absolute Gasteiger partial charge is 0.504 e. The molecule has 0 saturated heterocycles. The van der Waals surface area contributed by atoms with E-state index >= 15 is 0 Å². The minimum Gasteiger partial charge on any atom is -0.504 e. The number of nitrogens with one attached hydrogen (secondary N) is 1. The number of rotatable bonds is 26. The summed E-state index contributed by atoms with van der Waals surface area (Å²) in [5, 5.41) is 54.4. The van der Waals surface area contributed by atoms with Gasteiger partial charge in [-0.3, -0.25) is 0 Å². The number of aromatic hydroxyl groups is 1. The van der Waals surface area contributed by atoms with Crippen molar-refractivity contribution in [3.05, 3.63) is 59.2 Å². The highest BCUT2D eigenvalue weighted by molar-refractivity contribution is 6.04. The van der Waals surface area contributed by atoms with Crippen molar-refractivity contribution >= 4 is 5.71 Å². The summed E-state index contributed by atoms with van der Waals surface area (Å²) < 4.78 is 12.4. The Balaban J connectivity index is 1.06. The van der Waals surface area contributed by atoms with E-state index in [0.717, 1.165) is 87.4 Å². The van der Waals surface area contributed by atoms with E-state index in [0.29, 0.717) is 60.8 Å². The Bertz CT molecular complexity index is 1410. The van der Waals surface area contributed by atoms with Gasteiger partial charge in [0, 0.05) is 38.8 Å². The van der Waals surface area contributed by atoms with Crippen LogP contribution in [-0.2, 0) is 11.2 Å². The highest BCUT2D eigenvalue weighted by Crippen LogP contribution is 2.47. The number of phenols is 1. The second kappa shape index (κ2) is 23.1. The number of nitrogens with two attached hydrogens (primary N) is 1. The van der Waals surface area contributed by atoms with Crippen molar-refractivity contribution in [2.45, 2.75) is 141 Å². The predicted octanol–water partition coefficient (Wildman–Crippen LogP) is 6.73. The van der Waals surface area contributed by atoms with Gasteiger partial charge in [0.15, 0.2) is 29.4 Å². The second-order valence-electron chi connectivity index (χ2n) is 17.3. The van der Waals surface area contributed by atoms with Gasteiger partial charge >= 0.3 is 0 Å². The molecule has 0 spiro atoms. The fraction of sp³-hybridized carbons (Fsp3) is 0.717. The number of aryl methyl sites for hydroxylation is 1. The molecular formula is C46H73N3O7. The first-order valence-corrected chi connectivity index (χ1v) is 22.0. The Morgan fingerprint density at radius 3 is 2.64 bits per heavy atom. The quantitative estimate of drug-likeness (QED) is 0.0398. The molecule has 2 aliphatic heterocycles. The number of fused-ring (bicyclic) bond motifs is 2. The summed E-state index contributed by atoms with van der Waals surface area (Å²) in [7, 11) is 0. The molecular weight excluding hydrogens is 707 g/mol. The lowest BCUT2D eigenvalue weighted by atomic mass is 9.80. The summed E-state index contributed by atoms with van der Waals surface area (Å²) >= 11 is 0. The third kappa shape index (κ3) is 13.2. The molecule has 1 aromatic carbocycles. The van der Waals surface area contributed by atoms with Crippen molar-refractivity contribution in [2.75, 3.05) is 39.5 Å². The van der Waals surface area contributed by atoms with E-state index < -0.39 is 12.2 Å². The van der Waals surface area contributed by atoms with Crippen molar-refractivity contribution in [2.24, 2.45) is 40.3 Å². The van der Waals surface area contributed by atoms with Gasteiger partial charge in [0.1, 0.15) is 12.2 Å². The van der Waals surface area contributed by atoms with Crippen LogP contribution in [0.5, 0.6) is 11.5 Å². The average Bonchev–Trinajstić information content (AvgIpc) is 3.92. The van der Waals surface area contributed by atoms with Crippen LogP contribution in [0.25, 0.3) is 0 Å². The van der Waals surface area contributed by atoms with E-state index in [2.05, 4.69) is 18.3 Å². The lowest BCUT2D eigenvalue weighted by Gasteiger charge is -2.25. The maximum absolute atomic E-state index is 11.2. The van der Waals surface area contributed by atoms with Crippen LogP contribution in [0.1, 0.15) is 122 Å². The van der Waals surface area contributed by atoms with Gasteiger partial charge in [-0.15, -0.1) is 4.99 Å². The maximum Gasteiger partial charge on any atom is 0.189 e. The minimum atomic E-state index is -0.931. The van der Waals surface area contributed by atoms with Crippen LogP contribution in [0.4, 0.5) is 0 Å². The van der Waals surface area contributed by atoms with Crippen molar-refractivity contribution in [1.82, 2.24) is 5.32 Å². The number of ether oxygens (including phenoxy) is 2. The molecule has 0 radical (unpaired) electrons. The van der Waals surface area contributed by atoms with E-state index in [1.165, 1.54) is 50.5 Å². The highest BCUT2D eigenvalue weighted by Gasteiger charge is 2.47. The zero-order valence-corrected chi connectivity index (χ0v) is 34.3. The number of unbranched alkanes of at least 4 members (excludes halogenated alkanes) is 1. The molecule has 1 unspecified atom stereocenters. The Morgan fingerprint density at radius 1 is 1.04 bits per heavy atom. The van der Waals surface area contributed by atoms with Crippen LogP contribution in [0.15, 0.2) is 46.5 Å². The molecule has 56 heavy (non-hydrogen) atoms. The first kappa shape index (κ1) is 44.5. The molecule has 2 heterocycles. The molecule has 0 bridgehead atoms. The number of hydrogen-bond donors (Lipinski definition) is 7. The summed E-state index contributed by atoms with van der Waals surface area (Å²) in [4.78, 5) is 4.92. The van der Waals surface area contributed by atoms with E-state index in [-0.39, 0.29) is 31.7 Å². The highest BCUT2D eigenvalue weighted by atomic mass is 16.5. The van der Waals surface area contributed by atoms with Gasteiger partial charge in [-0.2, -0.15) is 11.6 Å². The van der Waals surface area contributed by atoms with E-state index in [9.17, 15) is 20.4 Å². The summed E-state index contributed by atoms with van der Waals surface area (Å²) in [5.74, 6) is 3.27. The molecule has 10 nitrogen and oxygen atoms in total. The van der Waals surface area contributed by atoms with Crippen LogP contribution in [-0.4, -0.2) is 89.0 Å². The van der Waals surface area contributed by atoms with E-state index in [4.69, 9.17) is 25.3 Å². The lowest BCUT2D eigenvalue weighted by Crippen LogP contribution is -2.34. The number of nitrogens with zero attached hydrogens (tertiary/aromatic N) is 1. The van der Waals surface area contributed by atoms with Crippen LogP contribution in [0.3, 0.4) is 0 Å². The molecule has 8 N–H and O–H groups in total. The van der Waals surface area contributed by atoms with Gasteiger partial charge in [0.2, 0.25) is 0 Å². The minimum absolute atomic E-state index is 0.0131. The van der Waals surface area contributed by atoms with E-state index in [1.807, 2.05) is 18.2 Å². The second-order valence-corrected chi connectivity index (χ2v) is 17.3. The van der Waals surface area contributed by atoms with Gasteiger partial charge in [-0.25, -0.2) is 0 Å². The summed E-state index contributed by atoms with van der Waals surface area (Å²) in [6, 6.07) is 5.96. The number of aliphatic imine (C=N–C) groups is 1. The number of benzene rings is 1. The molecule has 2 aliphatic carbocycles. The number of hydrogen-bond acceptors (Lipinski definition) is 10. The molecule has 1 aromatic rings. The third-order valence-corrected chi connectivity index (χ3v) is 12.8. The molecule has 0 amide bonds. The van der Waals surface area contributed by atoms with Gasteiger partial charge in [-0.1, -0.05) is 76.9 Å². The summed E-state index contributed by atoms with van der Waals surface area (Å²) in [6.07, 6.45) is 21.6. The number of aliphatic hydroxyl groups excluding tert-OH is 4. The molecule has 0 aromatic heterocycles. The van der Waals surface area contributed by atoms with Crippen molar-refractivity contribution in [1.29, 1.82) is 0 Å². The third-order valence-electron chi connectivity index (χ3n) is 12.8. The van der Waals surface area contributed by atoms with Crippen LogP contribution in [0.2, 0.25) is 0 Å². The molecule has 5 rings (SSSR count). The number of aliphatic hydroxyl groups is 4. The molecule has 10 heteroatoms. The summed E-state index contributed by atoms with van der Waals surface area (Å²) in [5.41, 5.74) is 10.2. The fourth-order valence-corrected chi connectivity index (χ4v) is 9.64. The SMILES string of the molecule is C[C@H](CCCO)CCC[C@@H](CCN)CCCCC1O[C-](CCc2ccc(O)c(OC[C@H](O)[C+]3C=C4C(=N3)CC[C@H]3CCC[C@@H]3[C@@H]4CNC[C@H](C)O)c2)C=C1CO. The van der Waals surface area contributed by atoms with Crippen LogP contribution >= 0.6 is 0 Å². The molecule has 314 valence electrons. The summed E-state index contributed by atoms with van der Waals surface area (Å²) in [6.45, 7) is 6.41. The number of phenolic OH excluding ortho intramolecular Hbond substituents is 1. The smallest absolute Gasteiger partial charge is 0.189 e. The molecule has 2 fully saturated rings. The molecule has 4 aliphatic rings. The lowest BCUT2D eigenvalue weighted by molar-refractivity contribution is 0.102. The van der Waals surface area contributed by atoms with Crippen LogP contribution < -0.4 is 15.8 Å². The maximum atomic E-state index is 11.2. The van der Waals surface area contributed by atoms with E-state index in [1.54, 1.807) is 13.0 Å². The van der Waals surface area contributed by atoms with Gasteiger partial charge in [-0.05, 0) is 99.8 Å². The Labute approximate surface area is 337 Å².